The lowest BCUT2D eigenvalue weighted by Gasteiger charge is -2.35. The van der Waals surface area contributed by atoms with Crippen molar-refractivity contribution in [1.29, 1.82) is 0 Å². The van der Waals surface area contributed by atoms with E-state index in [4.69, 9.17) is 4.74 Å². The average molecular weight is 483 g/mol. The standard InChI is InChI=1S/C26H30N2O5S/c1-16-8-9-17(2)18(15-16)27-11-5-10-26-21(20-19(34-26)7-3-4-14-33-25(20)32)23(30)28(12-6-13-29)22(26)24(27)31/h3,5,7-10,15,19-22,29H,4,6,11-14H2,1-2H3/t19-,20+,21+,22?,26+/m1/s1. The highest BCUT2D eigenvalue weighted by Crippen LogP contribution is 2.60. The Morgan fingerprint density at radius 3 is 2.79 bits per heavy atom. The van der Waals surface area contributed by atoms with Crippen molar-refractivity contribution in [3.05, 3.63) is 53.6 Å². The molecule has 5 rings (SSSR count). The van der Waals surface area contributed by atoms with Crippen LogP contribution in [0.15, 0.2) is 42.5 Å². The summed E-state index contributed by atoms with van der Waals surface area (Å²) in [4.78, 5) is 44.6. The van der Waals surface area contributed by atoms with E-state index in [2.05, 4.69) is 0 Å². The quantitative estimate of drug-likeness (QED) is 0.524. The predicted octanol–water partition coefficient (Wildman–Crippen LogP) is 2.39. The zero-order valence-corrected chi connectivity index (χ0v) is 20.3. The van der Waals surface area contributed by atoms with Crippen molar-refractivity contribution in [3.63, 3.8) is 0 Å². The van der Waals surface area contributed by atoms with Crippen LogP contribution < -0.4 is 4.90 Å². The number of rotatable bonds is 4. The van der Waals surface area contributed by atoms with Gasteiger partial charge >= 0.3 is 5.97 Å². The number of cyclic esters (lactones) is 1. The third-order valence-electron chi connectivity index (χ3n) is 7.33. The number of aliphatic hydroxyl groups excluding tert-OH is 1. The zero-order valence-electron chi connectivity index (χ0n) is 19.5. The number of ether oxygens (including phenoxy) is 1. The summed E-state index contributed by atoms with van der Waals surface area (Å²) in [6, 6.07) is 5.26. The van der Waals surface area contributed by atoms with Crippen molar-refractivity contribution in [2.75, 3.05) is 31.2 Å². The molecular formula is C26H30N2O5S. The van der Waals surface area contributed by atoms with Gasteiger partial charge in [-0.1, -0.05) is 36.4 Å². The number of nitrogens with zero attached hydrogens (tertiary/aromatic N) is 2. The number of esters is 1. The van der Waals surface area contributed by atoms with Crippen LogP contribution in [0.1, 0.15) is 24.0 Å². The number of likely N-dealkylation sites (tertiary alicyclic amines) is 1. The van der Waals surface area contributed by atoms with E-state index in [-0.39, 0.29) is 36.2 Å². The first-order chi connectivity index (χ1) is 16.4. The van der Waals surface area contributed by atoms with Crippen molar-refractivity contribution >= 4 is 35.2 Å². The molecule has 1 aromatic rings. The van der Waals surface area contributed by atoms with E-state index in [1.54, 1.807) is 9.80 Å². The van der Waals surface area contributed by atoms with Gasteiger partial charge in [0.1, 0.15) is 6.04 Å². The van der Waals surface area contributed by atoms with Gasteiger partial charge in [-0.2, -0.15) is 0 Å². The Balaban J connectivity index is 1.62. The van der Waals surface area contributed by atoms with Gasteiger partial charge in [0.15, 0.2) is 0 Å². The normalized spacial score (nSPS) is 32.6. The van der Waals surface area contributed by atoms with Crippen LogP contribution >= 0.6 is 11.8 Å². The molecule has 2 fully saturated rings. The van der Waals surface area contributed by atoms with E-state index in [1.165, 1.54) is 11.8 Å². The summed E-state index contributed by atoms with van der Waals surface area (Å²) in [6.07, 6.45) is 8.99. The van der Waals surface area contributed by atoms with Gasteiger partial charge in [-0.05, 0) is 43.9 Å². The van der Waals surface area contributed by atoms with E-state index in [9.17, 15) is 19.5 Å². The zero-order chi connectivity index (χ0) is 24.0. The fourth-order valence-electron chi connectivity index (χ4n) is 5.81. The number of carbonyl (C=O) groups is 3. The van der Waals surface area contributed by atoms with E-state index in [1.807, 2.05) is 56.4 Å². The predicted molar refractivity (Wildman–Crippen MR) is 130 cm³/mol. The molecule has 2 amide bonds. The largest absolute Gasteiger partial charge is 0.465 e. The fraction of sp³-hybridized carbons (Fsp3) is 0.500. The topological polar surface area (TPSA) is 87.2 Å². The van der Waals surface area contributed by atoms with Gasteiger partial charge in [0.2, 0.25) is 5.91 Å². The molecule has 8 heteroatoms. The van der Waals surface area contributed by atoms with Crippen LogP contribution in [0.3, 0.4) is 0 Å². The Morgan fingerprint density at radius 1 is 1.18 bits per heavy atom. The van der Waals surface area contributed by atoms with Crippen molar-refractivity contribution in [3.8, 4) is 0 Å². The molecule has 180 valence electrons. The van der Waals surface area contributed by atoms with Crippen LogP contribution in [0.4, 0.5) is 5.69 Å². The molecule has 4 heterocycles. The number of anilines is 1. The van der Waals surface area contributed by atoms with Crippen molar-refractivity contribution < 1.29 is 24.2 Å². The molecule has 1 aromatic carbocycles. The maximum absolute atomic E-state index is 14.3. The first-order valence-electron chi connectivity index (χ1n) is 11.9. The van der Waals surface area contributed by atoms with E-state index in [0.717, 1.165) is 16.8 Å². The number of benzene rings is 1. The van der Waals surface area contributed by atoms with Crippen molar-refractivity contribution in [2.24, 2.45) is 11.8 Å². The lowest BCUT2D eigenvalue weighted by Crippen LogP contribution is -2.53. The summed E-state index contributed by atoms with van der Waals surface area (Å²) >= 11 is 1.54. The Hall–Kier alpha value is -2.58. The van der Waals surface area contributed by atoms with Gasteiger partial charge in [-0.15, -0.1) is 11.8 Å². The Kier molecular flexibility index (Phi) is 6.06. The maximum atomic E-state index is 14.3. The first-order valence-corrected chi connectivity index (χ1v) is 12.8. The molecular weight excluding hydrogens is 452 g/mol. The molecule has 1 spiro atoms. The summed E-state index contributed by atoms with van der Waals surface area (Å²) in [5.74, 6) is -2.03. The van der Waals surface area contributed by atoms with Gasteiger partial charge in [-0.3, -0.25) is 14.4 Å². The molecule has 4 aliphatic heterocycles. The third kappa shape index (κ3) is 3.50. The van der Waals surface area contributed by atoms with Crippen LogP contribution in [0.5, 0.6) is 0 Å². The highest BCUT2D eigenvalue weighted by Gasteiger charge is 2.70. The highest BCUT2D eigenvalue weighted by molar-refractivity contribution is 8.02. The molecule has 7 nitrogen and oxygen atoms in total. The molecule has 0 saturated carbocycles. The summed E-state index contributed by atoms with van der Waals surface area (Å²) in [5, 5.41) is 9.26. The van der Waals surface area contributed by atoms with Gasteiger partial charge in [-0.25, -0.2) is 0 Å². The van der Waals surface area contributed by atoms with Gasteiger partial charge in [0, 0.05) is 30.6 Å². The van der Waals surface area contributed by atoms with E-state index < -0.39 is 22.6 Å². The van der Waals surface area contributed by atoms with Crippen LogP contribution in [-0.2, 0) is 19.1 Å². The minimum absolute atomic E-state index is 0.0805. The minimum Gasteiger partial charge on any atom is -0.465 e. The molecule has 34 heavy (non-hydrogen) atoms. The monoisotopic (exact) mass is 482 g/mol. The van der Waals surface area contributed by atoms with E-state index >= 15 is 0 Å². The number of fused-ring (bicyclic) bond motifs is 2. The molecule has 1 unspecified atom stereocenters. The minimum atomic E-state index is -0.862. The first kappa shape index (κ1) is 23.2. The SMILES string of the molecule is Cc1ccc(C)c(N2CC=C[C@]34S[C@@H]5C=CCCOC(=O)[C@@H]5[C@H]3C(=O)N(CCCO)C4C2=O)c1. The highest BCUT2D eigenvalue weighted by atomic mass is 32.2. The lowest BCUT2D eigenvalue weighted by atomic mass is 9.78. The molecule has 2 saturated heterocycles. The summed E-state index contributed by atoms with van der Waals surface area (Å²) in [6.45, 7) is 4.85. The number of aliphatic hydroxyl groups is 1. The number of amides is 2. The van der Waals surface area contributed by atoms with Crippen LogP contribution in [0, 0.1) is 25.7 Å². The number of carbonyl (C=O) groups excluding carboxylic acids is 3. The van der Waals surface area contributed by atoms with E-state index in [0.29, 0.717) is 26.0 Å². The van der Waals surface area contributed by atoms with Crippen LogP contribution in [0.25, 0.3) is 0 Å². The molecule has 5 atom stereocenters. The Labute approximate surface area is 203 Å². The number of aryl methyl sites for hydroxylation is 2. The molecule has 0 bridgehead atoms. The van der Waals surface area contributed by atoms with Gasteiger partial charge in [0.05, 0.1) is 23.2 Å². The second kappa shape index (κ2) is 8.89. The van der Waals surface area contributed by atoms with Crippen molar-refractivity contribution in [1.82, 2.24) is 4.90 Å². The summed E-state index contributed by atoms with van der Waals surface area (Å²) in [5.41, 5.74) is 2.87. The summed E-state index contributed by atoms with van der Waals surface area (Å²) in [7, 11) is 0. The Morgan fingerprint density at radius 2 is 2.00 bits per heavy atom. The molecule has 4 aliphatic rings. The molecule has 0 aliphatic carbocycles. The smallest absolute Gasteiger partial charge is 0.311 e. The number of hydrogen-bond acceptors (Lipinski definition) is 6. The van der Waals surface area contributed by atoms with Gasteiger partial charge < -0.3 is 19.6 Å². The Bertz CT molecular complexity index is 1080. The molecule has 1 N–H and O–H groups in total. The number of thioether (sulfide) groups is 1. The maximum Gasteiger partial charge on any atom is 0.311 e. The third-order valence-corrected chi connectivity index (χ3v) is 9.08. The lowest BCUT2D eigenvalue weighted by molar-refractivity contribution is -0.153. The van der Waals surface area contributed by atoms with Crippen molar-refractivity contribution in [2.45, 2.75) is 42.7 Å². The summed E-state index contributed by atoms with van der Waals surface area (Å²) < 4.78 is 4.63. The second-order valence-corrected chi connectivity index (χ2v) is 11.0. The fourth-order valence-corrected chi connectivity index (χ4v) is 7.82. The van der Waals surface area contributed by atoms with Crippen LogP contribution in [-0.4, -0.2) is 70.1 Å². The molecule has 0 radical (unpaired) electrons. The average Bonchev–Trinajstić information content (AvgIpc) is 3.18. The van der Waals surface area contributed by atoms with Gasteiger partial charge in [0.25, 0.3) is 5.91 Å². The number of hydrogen-bond donors (Lipinski definition) is 1. The second-order valence-electron chi connectivity index (χ2n) is 9.48. The molecule has 0 aromatic heterocycles. The van der Waals surface area contributed by atoms with Crippen LogP contribution in [0.2, 0.25) is 0 Å².